The maximum absolute atomic E-state index is 10.5. The summed E-state index contributed by atoms with van der Waals surface area (Å²) in [5, 5.41) is 8.67. The van der Waals surface area contributed by atoms with Crippen molar-refractivity contribution in [2.24, 2.45) is 0 Å². The molecule has 0 radical (unpaired) electrons. The molecule has 0 atom stereocenters. The summed E-state index contributed by atoms with van der Waals surface area (Å²) >= 11 is 0. The van der Waals surface area contributed by atoms with Crippen molar-refractivity contribution in [3.8, 4) is 5.75 Å². The third-order valence-corrected chi connectivity index (χ3v) is 3.68. The second kappa shape index (κ2) is 9.50. The summed E-state index contributed by atoms with van der Waals surface area (Å²) in [6.45, 7) is 0.768. The van der Waals surface area contributed by atoms with Crippen LogP contribution < -0.4 is 9.64 Å². The largest absolute Gasteiger partial charge is 0.497 e. The second-order valence-corrected chi connectivity index (χ2v) is 5.45. The summed E-state index contributed by atoms with van der Waals surface area (Å²) in [7, 11) is 1.63. The van der Waals surface area contributed by atoms with Gasteiger partial charge in [0.15, 0.2) is 0 Å². The summed E-state index contributed by atoms with van der Waals surface area (Å²) in [6.07, 6.45) is 7.26. The first-order chi connectivity index (χ1) is 11.7. The Morgan fingerprint density at radius 1 is 1.08 bits per heavy atom. The van der Waals surface area contributed by atoms with Crippen molar-refractivity contribution in [2.75, 3.05) is 18.6 Å². The summed E-state index contributed by atoms with van der Waals surface area (Å²) in [4.78, 5) is 21.4. The molecule has 0 aliphatic rings. The number of hydrogen-bond acceptors (Lipinski definition) is 5. The van der Waals surface area contributed by atoms with Crippen molar-refractivity contribution >= 4 is 17.6 Å². The number of methoxy groups -OCH3 is 1. The van der Waals surface area contributed by atoms with Gasteiger partial charge in [-0.3, -0.25) is 4.79 Å². The van der Waals surface area contributed by atoms with Gasteiger partial charge in [0, 0.05) is 31.4 Å². The molecule has 0 bridgehead atoms. The highest BCUT2D eigenvalue weighted by Gasteiger charge is 2.12. The maximum Gasteiger partial charge on any atom is 0.303 e. The van der Waals surface area contributed by atoms with Gasteiger partial charge < -0.3 is 14.7 Å². The minimum absolute atomic E-state index is 0.237. The Morgan fingerprint density at radius 2 is 1.88 bits per heavy atom. The standard InChI is InChI=1S/C18H23N3O3/c1-24-15-10-12-20-17(14-15)21(16-8-5-6-11-19-16)13-7-3-2-4-9-18(22)23/h5-6,8,10-12,14H,2-4,7,9,13H2,1H3,(H,22,23). The number of unbranched alkanes of at least 4 members (excludes halogenated alkanes) is 3. The molecule has 0 spiro atoms. The number of nitrogens with zero attached hydrogens (tertiary/aromatic N) is 3. The zero-order valence-corrected chi connectivity index (χ0v) is 13.9. The molecular weight excluding hydrogens is 306 g/mol. The molecule has 2 rings (SSSR count). The molecule has 0 saturated heterocycles. The van der Waals surface area contributed by atoms with Gasteiger partial charge in [-0.15, -0.1) is 0 Å². The Labute approximate surface area is 142 Å². The molecule has 2 aromatic heterocycles. The molecule has 0 fully saturated rings. The van der Waals surface area contributed by atoms with Gasteiger partial charge in [-0.25, -0.2) is 9.97 Å². The SMILES string of the molecule is COc1ccnc(N(CCCCCCC(=O)O)c2ccccn2)c1. The van der Waals surface area contributed by atoms with Gasteiger partial charge in [0.2, 0.25) is 0 Å². The average molecular weight is 329 g/mol. The minimum Gasteiger partial charge on any atom is -0.497 e. The lowest BCUT2D eigenvalue weighted by Crippen LogP contribution is -2.20. The Kier molecular flexibility index (Phi) is 7.01. The van der Waals surface area contributed by atoms with Crippen molar-refractivity contribution in [3.63, 3.8) is 0 Å². The fraction of sp³-hybridized carbons (Fsp3) is 0.389. The number of anilines is 2. The number of hydrogen-bond donors (Lipinski definition) is 1. The Morgan fingerprint density at radius 3 is 2.58 bits per heavy atom. The molecule has 1 N–H and O–H groups in total. The van der Waals surface area contributed by atoms with E-state index in [2.05, 4.69) is 14.9 Å². The molecule has 0 saturated carbocycles. The van der Waals surface area contributed by atoms with Gasteiger partial charge in [-0.05, 0) is 31.0 Å². The topological polar surface area (TPSA) is 75.5 Å². The second-order valence-electron chi connectivity index (χ2n) is 5.45. The summed E-state index contributed by atoms with van der Waals surface area (Å²) < 4.78 is 5.28. The molecule has 0 aliphatic carbocycles. The molecular formula is C18H23N3O3. The minimum atomic E-state index is -0.731. The number of aliphatic carboxylic acids is 1. The average Bonchev–Trinajstić information content (AvgIpc) is 2.61. The van der Waals surface area contributed by atoms with Gasteiger partial charge in [-0.2, -0.15) is 0 Å². The third-order valence-electron chi connectivity index (χ3n) is 3.68. The molecule has 6 heteroatoms. The van der Waals surface area contributed by atoms with Crippen molar-refractivity contribution < 1.29 is 14.6 Å². The van der Waals surface area contributed by atoms with Gasteiger partial charge in [0.25, 0.3) is 0 Å². The van der Waals surface area contributed by atoms with Crippen LogP contribution in [-0.4, -0.2) is 34.7 Å². The van der Waals surface area contributed by atoms with Crippen LogP contribution in [0.3, 0.4) is 0 Å². The van der Waals surface area contributed by atoms with E-state index in [1.165, 1.54) is 0 Å². The van der Waals surface area contributed by atoms with E-state index in [0.29, 0.717) is 0 Å². The van der Waals surface area contributed by atoms with Crippen LogP contribution in [0, 0.1) is 0 Å². The fourth-order valence-electron chi connectivity index (χ4n) is 2.43. The number of rotatable bonds is 10. The van der Waals surface area contributed by atoms with Gasteiger partial charge >= 0.3 is 5.97 Å². The van der Waals surface area contributed by atoms with E-state index in [0.717, 1.165) is 49.6 Å². The predicted molar refractivity (Wildman–Crippen MR) is 92.8 cm³/mol. The Bertz CT molecular complexity index is 634. The molecule has 0 aromatic carbocycles. The van der Waals surface area contributed by atoms with Crippen molar-refractivity contribution in [3.05, 3.63) is 42.7 Å². The zero-order valence-electron chi connectivity index (χ0n) is 13.9. The first-order valence-corrected chi connectivity index (χ1v) is 8.11. The van der Waals surface area contributed by atoms with Gasteiger partial charge in [0.05, 0.1) is 7.11 Å². The van der Waals surface area contributed by atoms with Crippen LogP contribution in [0.15, 0.2) is 42.7 Å². The van der Waals surface area contributed by atoms with Crippen LogP contribution >= 0.6 is 0 Å². The number of carboxylic acids is 1. The molecule has 2 aromatic rings. The first-order valence-electron chi connectivity index (χ1n) is 8.11. The molecule has 128 valence electrons. The van der Waals surface area contributed by atoms with Gasteiger partial charge in [0.1, 0.15) is 17.4 Å². The highest BCUT2D eigenvalue weighted by Crippen LogP contribution is 2.25. The number of ether oxygens (including phenoxy) is 1. The highest BCUT2D eigenvalue weighted by atomic mass is 16.5. The van der Waals surface area contributed by atoms with Crippen molar-refractivity contribution in [1.29, 1.82) is 0 Å². The molecule has 24 heavy (non-hydrogen) atoms. The van der Waals surface area contributed by atoms with Crippen LogP contribution in [0.2, 0.25) is 0 Å². The number of carboxylic acid groups (broad SMARTS) is 1. The highest BCUT2D eigenvalue weighted by molar-refractivity contribution is 5.66. The van der Waals surface area contributed by atoms with E-state index in [4.69, 9.17) is 9.84 Å². The Balaban J connectivity index is 2.00. The van der Waals surface area contributed by atoms with E-state index in [9.17, 15) is 4.79 Å². The smallest absolute Gasteiger partial charge is 0.303 e. The normalized spacial score (nSPS) is 10.4. The third kappa shape index (κ3) is 5.53. The fourth-order valence-corrected chi connectivity index (χ4v) is 2.43. The predicted octanol–water partition coefficient (Wildman–Crippen LogP) is 3.66. The number of carbonyl (C=O) groups is 1. The first kappa shape index (κ1) is 17.7. The van der Waals surface area contributed by atoms with E-state index in [1.807, 2.05) is 30.3 Å². The quantitative estimate of drug-likeness (QED) is 0.670. The molecule has 6 nitrogen and oxygen atoms in total. The van der Waals surface area contributed by atoms with Crippen LogP contribution in [0.25, 0.3) is 0 Å². The number of aromatic nitrogens is 2. The van der Waals surface area contributed by atoms with Crippen LogP contribution in [0.4, 0.5) is 11.6 Å². The molecule has 0 amide bonds. The van der Waals surface area contributed by atoms with E-state index in [-0.39, 0.29) is 6.42 Å². The van der Waals surface area contributed by atoms with E-state index >= 15 is 0 Å². The lowest BCUT2D eigenvalue weighted by molar-refractivity contribution is -0.137. The monoisotopic (exact) mass is 329 g/mol. The summed E-state index contributed by atoms with van der Waals surface area (Å²) in [5.74, 6) is 1.65. The molecule has 2 heterocycles. The number of pyridine rings is 2. The van der Waals surface area contributed by atoms with E-state index in [1.54, 1.807) is 19.5 Å². The summed E-state index contributed by atoms with van der Waals surface area (Å²) in [6, 6.07) is 9.48. The van der Waals surface area contributed by atoms with E-state index < -0.39 is 5.97 Å². The lowest BCUT2D eigenvalue weighted by atomic mass is 10.1. The zero-order chi connectivity index (χ0) is 17.2. The molecule has 0 unspecified atom stereocenters. The van der Waals surface area contributed by atoms with Crippen LogP contribution in [0.5, 0.6) is 5.75 Å². The van der Waals surface area contributed by atoms with Crippen LogP contribution in [0.1, 0.15) is 32.1 Å². The van der Waals surface area contributed by atoms with Crippen molar-refractivity contribution in [2.45, 2.75) is 32.1 Å². The lowest BCUT2D eigenvalue weighted by Gasteiger charge is -2.23. The van der Waals surface area contributed by atoms with Gasteiger partial charge in [-0.1, -0.05) is 18.9 Å². The van der Waals surface area contributed by atoms with Crippen LogP contribution in [-0.2, 0) is 4.79 Å². The molecule has 0 aliphatic heterocycles. The Hall–Kier alpha value is -2.63. The maximum atomic E-state index is 10.5. The summed E-state index contributed by atoms with van der Waals surface area (Å²) in [5.41, 5.74) is 0. The van der Waals surface area contributed by atoms with Crippen molar-refractivity contribution in [1.82, 2.24) is 9.97 Å².